The molecule has 3 rings (SSSR count). The second-order valence-corrected chi connectivity index (χ2v) is 7.87. The van der Waals surface area contributed by atoms with Crippen LogP contribution in [0.25, 0.3) is 0 Å². The topological polar surface area (TPSA) is 78.6 Å². The second-order valence-electron chi connectivity index (χ2n) is 7.87. The van der Waals surface area contributed by atoms with Gasteiger partial charge in [-0.05, 0) is 25.5 Å². The Balaban J connectivity index is 0.00000280. The third-order valence-corrected chi connectivity index (χ3v) is 4.48. The Morgan fingerprint density at radius 3 is 2.68 bits per heavy atom. The fraction of sp³-hybridized carbons (Fsp3) is 0.550. The summed E-state index contributed by atoms with van der Waals surface area (Å²) in [6.07, 6.45) is 1.08. The number of nitrogens with zero attached hydrogens (tertiary/aromatic N) is 4. The predicted octanol–water partition coefficient (Wildman–Crippen LogP) is 3.32. The largest absolute Gasteiger partial charge is 0.369 e. The van der Waals surface area contributed by atoms with Crippen LogP contribution >= 0.6 is 24.0 Å². The van der Waals surface area contributed by atoms with Gasteiger partial charge in [-0.25, -0.2) is 4.99 Å². The Morgan fingerprint density at radius 1 is 1.29 bits per heavy atom. The first-order valence-electron chi connectivity index (χ1n) is 9.63. The van der Waals surface area contributed by atoms with E-state index in [1.54, 1.807) is 0 Å². The lowest BCUT2D eigenvalue weighted by molar-refractivity contribution is 0.318. The van der Waals surface area contributed by atoms with Gasteiger partial charge < -0.3 is 20.1 Å². The summed E-state index contributed by atoms with van der Waals surface area (Å²) in [5, 5.41) is 10.9. The fourth-order valence-corrected chi connectivity index (χ4v) is 3.04. The van der Waals surface area contributed by atoms with Gasteiger partial charge in [-0.2, -0.15) is 4.98 Å². The lowest BCUT2D eigenvalue weighted by Crippen LogP contribution is -2.44. The molecule has 1 aromatic carbocycles. The maximum absolute atomic E-state index is 5.34. The standard InChI is InChI=1S/C20H30N6O.HI/c1-5-21-19(22-13-17-24-18(27-25-17)20(2,3)4)23-15-11-12-26(14-15)16-9-7-6-8-10-16;/h6-10,15H,5,11-14H2,1-4H3,(H2,21,22,23);1H. The number of rotatable bonds is 5. The zero-order valence-electron chi connectivity index (χ0n) is 17.1. The first kappa shape index (κ1) is 22.4. The Bertz CT molecular complexity index is 756. The van der Waals surface area contributed by atoms with Crippen LogP contribution < -0.4 is 15.5 Å². The van der Waals surface area contributed by atoms with Crippen molar-refractivity contribution in [2.75, 3.05) is 24.5 Å². The summed E-state index contributed by atoms with van der Waals surface area (Å²) < 4.78 is 5.34. The van der Waals surface area contributed by atoms with E-state index in [2.05, 4.69) is 82.6 Å². The molecule has 0 radical (unpaired) electrons. The van der Waals surface area contributed by atoms with Crippen molar-refractivity contribution in [1.82, 2.24) is 20.8 Å². The number of anilines is 1. The zero-order valence-corrected chi connectivity index (χ0v) is 19.4. The summed E-state index contributed by atoms with van der Waals surface area (Å²) in [7, 11) is 0. The van der Waals surface area contributed by atoms with Crippen molar-refractivity contribution >= 4 is 35.6 Å². The molecule has 1 atom stereocenters. The molecule has 1 aliphatic rings. The number of para-hydroxylation sites is 1. The van der Waals surface area contributed by atoms with Crippen LogP contribution in [0.2, 0.25) is 0 Å². The Labute approximate surface area is 184 Å². The average Bonchev–Trinajstić information content (AvgIpc) is 3.30. The highest BCUT2D eigenvalue weighted by atomic mass is 127. The Morgan fingerprint density at radius 2 is 2.04 bits per heavy atom. The maximum atomic E-state index is 5.34. The number of aliphatic imine (C=N–C) groups is 1. The van der Waals surface area contributed by atoms with Crippen molar-refractivity contribution in [2.24, 2.45) is 4.99 Å². The normalized spacial score (nSPS) is 17.4. The number of halogens is 1. The average molecular weight is 498 g/mol. The second kappa shape index (κ2) is 10.1. The van der Waals surface area contributed by atoms with Crippen LogP contribution in [0.15, 0.2) is 39.8 Å². The van der Waals surface area contributed by atoms with Crippen LogP contribution in [-0.4, -0.2) is 41.8 Å². The minimum Gasteiger partial charge on any atom is -0.369 e. The molecule has 0 spiro atoms. The summed E-state index contributed by atoms with van der Waals surface area (Å²) in [6.45, 7) is 11.4. The smallest absolute Gasteiger partial charge is 0.232 e. The van der Waals surface area contributed by atoms with Gasteiger partial charge in [-0.3, -0.25) is 0 Å². The Hall–Kier alpha value is -1.84. The molecule has 0 saturated carbocycles. The van der Waals surface area contributed by atoms with Crippen molar-refractivity contribution in [2.45, 2.75) is 52.1 Å². The quantitative estimate of drug-likeness (QED) is 0.374. The molecule has 154 valence electrons. The molecule has 0 aliphatic carbocycles. The molecule has 1 aliphatic heterocycles. The summed E-state index contributed by atoms with van der Waals surface area (Å²) in [4.78, 5) is 11.5. The van der Waals surface area contributed by atoms with Crippen molar-refractivity contribution in [3.63, 3.8) is 0 Å². The van der Waals surface area contributed by atoms with Gasteiger partial charge in [0.1, 0.15) is 6.54 Å². The summed E-state index contributed by atoms with van der Waals surface area (Å²) in [5.41, 5.74) is 1.12. The first-order valence-corrected chi connectivity index (χ1v) is 9.63. The highest BCUT2D eigenvalue weighted by Crippen LogP contribution is 2.20. The van der Waals surface area contributed by atoms with Crippen molar-refractivity contribution in [3.05, 3.63) is 42.0 Å². The van der Waals surface area contributed by atoms with Crippen LogP contribution in [0.4, 0.5) is 5.69 Å². The molecule has 1 aromatic heterocycles. The number of hydrogen-bond acceptors (Lipinski definition) is 5. The van der Waals surface area contributed by atoms with Gasteiger partial charge in [0.2, 0.25) is 5.89 Å². The van der Waals surface area contributed by atoms with Gasteiger partial charge in [0.15, 0.2) is 11.8 Å². The molecule has 0 bridgehead atoms. The lowest BCUT2D eigenvalue weighted by Gasteiger charge is -2.20. The van der Waals surface area contributed by atoms with E-state index >= 15 is 0 Å². The van der Waals surface area contributed by atoms with Gasteiger partial charge in [0.25, 0.3) is 0 Å². The summed E-state index contributed by atoms with van der Waals surface area (Å²) >= 11 is 0. The molecule has 2 heterocycles. The van der Waals surface area contributed by atoms with E-state index in [1.165, 1.54) is 5.69 Å². The van der Waals surface area contributed by atoms with Crippen LogP contribution in [-0.2, 0) is 12.0 Å². The van der Waals surface area contributed by atoms with E-state index in [4.69, 9.17) is 4.52 Å². The fourth-order valence-electron chi connectivity index (χ4n) is 3.04. The zero-order chi connectivity index (χ0) is 19.3. The van der Waals surface area contributed by atoms with Crippen LogP contribution in [0.5, 0.6) is 0 Å². The molecule has 2 aromatic rings. The number of hydrogen-bond donors (Lipinski definition) is 2. The molecular formula is C20H31IN6O. The monoisotopic (exact) mass is 498 g/mol. The van der Waals surface area contributed by atoms with Gasteiger partial charge in [-0.1, -0.05) is 44.1 Å². The van der Waals surface area contributed by atoms with Crippen molar-refractivity contribution < 1.29 is 4.52 Å². The molecule has 8 heteroatoms. The molecule has 1 saturated heterocycles. The van der Waals surface area contributed by atoms with E-state index in [9.17, 15) is 0 Å². The molecule has 2 N–H and O–H groups in total. The van der Waals surface area contributed by atoms with Crippen LogP contribution in [0.3, 0.4) is 0 Å². The highest BCUT2D eigenvalue weighted by Gasteiger charge is 2.24. The predicted molar refractivity (Wildman–Crippen MR) is 123 cm³/mol. The number of nitrogens with one attached hydrogen (secondary N) is 2. The van der Waals surface area contributed by atoms with Gasteiger partial charge in [-0.15, -0.1) is 24.0 Å². The van der Waals surface area contributed by atoms with E-state index in [-0.39, 0.29) is 29.4 Å². The van der Waals surface area contributed by atoms with Crippen LogP contribution in [0, 0.1) is 0 Å². The molecule has 1 unspecified atom stereocenters. The number of aromatic nitrogens is 2. The highest BCUT2D eigenvalue weighted by molar-refractivity contribution is 14.0. The van der Waals surface area contributed by atoms with Crippen LogP contribution in [0.1, 0.15) is 45.8 Å². The molecular weight excluding hydrogens is 467 g/mol. The SMILES string of the molecule is CCNC(=NCc1noc(C(C)(C)C)n1)NC1CCN(c2ccccc2)C1.I. The van der Waals surface area contributed by atoms with Crippen molar-refractivity contribution in [1.29, 1.82) is 0 Å². The summed E-state index contributed by atoms with van der Waals surface area (Å²) in [6, 6.07) is 10.9. The van der Waals surface area contributed by atoms with E-state index < -0.39 is 0 Å². The third kappa shape index (κ3) is 6.08. The minimum absolute atomic E-state index is 0. The van der Waals surface area contributed by atoms with E-state index in [1.807, 2.05) is 6.07 Å². The molecule has 0 amide bonds. The lowest BCUT2D eigenvalue weighted by atomic mass is 9.97. The van der Waals surface area contributed by atoms with Gasteiger partial charge >= 0.3 is 0 Å². The van der Waals surface area contributed by atoms with E-state index in [0.29, 0.717) is 24.3 Å². The molecule has 7 nitrogen and oxygen atoms in total. The van der Waals surface area contributed by atoms with Gasteiger partial charge in [0, 0.05) is 36.8 Å². The molecule has 28 heavy (non-hydrogen) atoms. The number of guanidine groups is 1. The minimum atomic E-state index is -0.150. The number of benzene rings is 1. The summed E-state index contributed by atoms with van der Waals surface area (Å²) in [5.74, 6) is 2.04. The van der Waals surface area contributed by atoms with E-state index in [0.717, 1.165) is 32.0 Å². The maximum Gasteiger partial charge on any atom is 0.232 e. The third-order valence-electron chi connectivity index (χ3n) is 4.48. The van der Waals surface area contributed by atoms with Crippen molar-refractivity contribution in [3.8, 4) is 0 Å². The van der Waals surface area contributed by atoms with Gasteiger partial charge in [0.05, 0.1) is 0 Å². The molecule has 1 fully saturated rings. The Kier molecular flexibility index (Phi) is 8.09. The first-order chi connectivity index (χ1) is 13.0.